The zero-order chi connectivity index (χ0) is 13.2. The fraction of sp³-hybridized carbons (Fsp3) is 0.250. The van der Waals surface area contributed by atoms with Crippen molar-refractivity contribution in [1.82, 2.24) is 4.98 Å². The summed E-state index contributed by atoms with van der Waals surface area (Å²) in [4.78, 5) is 13.4. The maximum Gasteiger partial charge on any atom is 0.573 e. The number of aromatic nitrogens is 1. The molecule has 9 heteroatoms. The van der Waals surface area contributed by atoms with Crippen LogP contribution in [0.25, 0.3) is 0 Å². The lowest BCUT2D eigenvalue weighted by Gasteiger charge is -2.12. The summed E-state index contributed by atoms with van der Waals surface area (Å²) in [5.74, 6) is -3.96. The van der Waals surface area contributed by atoms with Crippen molar-refractivity contribution in [2.75, 3.05) is 0 Å². The smallest absolute Gasteiger partial charge is 0.481 e. The number of hydrogen-bond donors (Lipinski definition) is 1. The van der Waals surface area contributed by atoms with Crippen molar-refractivity contribution < 1.29 is 32.2 Å². The molecular formula is C8H4BrF4NO3. The van der Waals surface area contributed by atoms with Crippen LogP contribution in [-0.4, -0.2) is 22.4 Å². The van der Waals surface area contributed by atoms with Crippen LogP contribution >= 0.6 is 15.9 Å². The molecule has 0 atom stereocenters. The Kier molecular flexibility index (Phi) is 3.91. The predicted molar refractivity (Wildman–Crippen MR) is 49.9 cm³/mol. The molecule has 4 nitrogen and oxygen atoms in total. The summed E-state index contributed by atoms with van der Waals surface area (Å²) in [6.07, 6.45) is -4.88. The molecule has 1 rings (SSSR count). The average Bonchev–Trinajstić information content (AvgIpc) is 2.15. The highest BCUT2D eigenvalue weighted by atomic mass is 79.9. The van der Waals surface area contributed by atoms with Gasteiger partial charge in [-0.2, -0.15) is 4.39 Å². The highest BCUT2D eigenvalue weighted by Gasteiger charge is 2.34. The molecule has 0 aromatic carbocycles. The quantitative estimate of drug-likeness (QED) is 0.687. The van der Waals surface area contributed by atoms with Gasteiger partial charge in [0.05, 0.1) is 10.9 Å². The molecule has 1 heterocycles. The van der Waals surface area contributed by atoms with Crippen molar-refractivity contribution >= 4 is 21.9 Å². The van der Waals surface area contributed by atoms with Gasteiger partial charge >= 0.3 is 12.3 Å². The molecule has 0 spiro atoms. The van der Waals surface area contributed by atoms with Gasteiger partial charge in [-0.3, -0.25) is 4.79 Å². The Bertz CT molecular complexity index is 449. The van der Waals surface area contributed by atoms with E-state index in [1.54, 1.807) is 0 Å². The summed E-state index contributed by atoms with van der Waals surface area (Å²) >= 11 is 2.64. The standard InChI is InChI=1S/C8H4BrF4NO3/c9-5-3(1-4(15)16)2-14-7(10)6(5)17-8(11,12)13/h2H,1H2,(H,15,16). The topological polar surface area (TPSA) is 59.4 Å². The van der Waals surface area contributed by atoms with Crippen LogP contribution in [0.5, 0.6) is 5.75 Å². The number of ether oxygens (including phenoxy) is 1. The van der Waals surface area contributed by atoms with Crippen LogP contribution in [0.2, 0.25) is 0 Å². The molecule has 94 valence electrons. The Labute approximate surface area is 100 Å². The summed E-state index contributed by atoms with van der Waals surface area (Å²) in [6.45, 7) is 0. The monoisotopic (exact) mass is 317 g/mol. The lowest BCUT2D eigenvalue weighted by Crippen LogP contribution is -2.19. The second-order valence-electron chi connectivity index (χ2n) is 2.84. The maximum absolute atomic E-state index is 13.0. The molecule has 0 unspecified atom stereocenters. The normalized spacial score (nSPS) is 11.4. The molecule has 0 saturated heterocycles. The van der Waals surface area contributed by atoms with E-state index in [-0.39, 0.29) is 5.56 Å². The van der Waals surface area contributed by atoms with Gasteiger partial charge in [0.1, 0.15) is 0 Å². The molecule has 0 fully saturated rings. The maximum atomic E-state index is 13.0. The molecule has 1 aromatic rings. The highest BCUT2D eigenvalue weighted by Crippen LogP contribution is 2.34. The molecule has 1 N–H and O–H groups in total. The van der Waals surface area contributed by atoms with E-state index in [1.165, 1.54) is 0 Å². The van der Waals surface area contributed by atoms with Crippen LogP contribution in [0.4, 0.5) is 17.6 Å². The zero-order valence-electron chi connectivity index (χ0n) is 7.89. The molecule has 0 saturated carbocycles. The number of carbonyl (C=O) groups is 1. The number of pyridine rings is 1. The van der Waals surface area contributed by atoms with Gasteiger partial charge < -0.3 is 9.84 Å². The van der Waals surface area contributed by atoms with Crippen molar-refractivity contribution in [2.45, 2.75) is 12.8 Å². The SMILES string of the molecule is O=C(O)Cc1cnc(F)c(OC(F)(F)F)c1Br. The number of carboxylic acid groups (broad SMARTS) is 1. The summed E-state index contributed by atoms with van der Waals surface area (Å²) in [5, 5.41) is 8.48. The second kappa shape index (κ2) is 4.86. The van der Waals surface area contributed by atoms with Crippen molar-refractivity contribution in [3.8, 4) is 5.75 Å². The molecule has 17 heavy (non-hydrogen) atoms. The van der Waals surface area contributed by atoms with Crippen LogP contribution in [0, 0.1) is 5.95 Å². The number of aliphatic carboxylic acids is 1. The van der Waals surface area contributed by atoms with Gasteiger partial charge in [0.2, 0.25) is 0 Å². The average molecular weight is 318 g/mol. The van der Waals surface area contributed by atoms with E-state index in [2.05, 4.69) is 25.7 Å². The highest BCUT2D eigenvalue weighted by molar-refractivity contribution is 9.10. The zero-order valence-corrected chi connectivity index (χ0v) is 9.47. The van der Waals surface area contributed by atoms with E-state index in [1.807, 2.05) is 0 Å². The molecule has 0 amide bonds. The number of carboxylic acids is 1. The lowest BCUT2D eigenvalue weighted by atomic mass is 10.2. The Morgan fingerprint density at radius 2 is 2.12 bits per heavy atom. The lowest BCUT2D eigenvalue weighted by molar-refractivity contribution is -0.276. The minimum atomic E-state index is -5.09. The minimum Gasteiger partial charge on any atom is -0.481 e. The van der Waals surface area contributed by atoms with Gasteiger partial charge in [-0.15, -0.1) is 13.2 Å². The summed E-state index contributed by atoms with van der Waals surface area (Å²) in [7, 11) is 0. The number of nitrogens with zero attached hydrogens (tertiary/aromatic N) is 1. The number of rotatable bonds is 3. The fourth-order valence-corrected chi connectivity index (χ4v) is 1.46. The molecule has 0 radical (unpaired) electrons. The fourth-order valence-electron chi connectivity index (χ4n) is 0.975. The molecule has 0 aliphatic rings. The number of halogens is 5. The van der Waals surface area contributed by atoms with E-state index in [4.69, 9.17) is 5.11 Å². The van der Waals surface area contributed by atoms with Crippen LogP contribution < -0.4 is 4.74 Å². The first-order valence-corrected chi connectivity index (χ1v) is 4.80. The van der Waals surface area contributed by atoms with Crippen molar-refractivity contribution in [3.05, 3.63) is 22.2 Å². The largest absolute Gasteiger partial charge is 0.573 e. The molecule has 0 aliphatic carbocycles. The third-order valence-electron chi connectivity index (χ3n) is 1.56. The van der Waals surface area contributed by atoms with E-state index < -0.39 is 34.9 Å². The second-order valence-corrected chi connectivity index (χ2v) is 3.63. The Morgan fingerprint density at radius 3 is 2.59 bits per heavy atom. The van der Waals surface area contributed by atoms with Gasteiger partial charge in [0.25, 0.3) is 5.95 Å². The summed E-state index contributed by atoms with van der Waals surface area (Å²) in [5.41, 5.74) is -0.127. The van der Waals surface area contributed by atoms with Crippen LogP contribution in [0.15, 0.2) is 10.7 Å². The van der Waals surface area contributed by atoms with Gasteiger partial charge in [0.15, 0.2) is 5.75 Å². The molecular weight excluding hydrogens is 314 g/mol. The third-order valence-corrected chi connectivity index (χ3v) is 2.43. The first kappa shape index (κ1) is 13.7. The van der Waals surface area contributed by atoms with Crippen molar-refractivity contribution in [1.29, 1.82) is 0 Å². The Hall–Kier alpha value is -1.38. The molecule has 0 bridgehead atoms. The molecule has 1 aromatic heterocycles. The van der Waals surface area contributed by atoms with Gasteiger partial charge in [-0.05, 0) is 21.5 Å². The molecule has 0 aliphatic heterocycles. The van der Waals surface area contributed by atoms with Crippen molar-refractivity contribution in [3.63, 3.8) is 0 Å². The minimum absolute atomic E-state index is 0.127. The van der Waals surface area contributed by atoms with E-state index in [0.717, 1.165) is 6.20 Å². The number of hydrogen-bond acceptors (Lipinski definition) is 3. The van der Waals surface area contributed by atoms with Crippen LogP contribution in [-0.2, 0) is 11.2 Å². The third kappa shape index (κ3) is 3.84. The van der Waals surface area contributed by atoms with Gasteiger partial charge in [-0.1, -0.05) is 0 Å². The predicted octanol–water partition coefficient (Wildman–Crippen LogP) is 2.51. The van der Waals surface area contributed by atoms with Gasteiger partial charge in [0, 0.05) is 6.20 Å². The van der Waals surface area contributed by atoms with Crippen LogP contribution in [0.1, 0.15) is 5.56 Å². The van der Waals surface area contributed by atoms with E-state index in [9.17, 15) is 22.4 Å². The summed E-state index contributed by atoms with van der Waals surface area (Å²) < 4.78 is 51.8. The number of alkyl halides is 3. The summed E-state index contributed by atoms with van der Waals surface area (Å²) in [6, 6.07) is 0. The van der Waals surface area contributed by atoms with Gasteiger partial charge in [-0.25, -0.2) is 4.98 Å². The van der Waals surface area contributed by atoms with E-state index >= 15 is 0 Å². The Balaban J connectivity index is 3.15. The first-order chi connectivity index (χ1) is 7.70. The van der Waals surface area contributed by atoms with E-state index in [0.29, 0.717) is 0 Å². The van der Waals surface area contributed by atoms with Crippen molar-refractivity contribution in [2.24, 2.45) is 0 Å². The van der Waals surface area contributed by atoms with Crippen LogP contribution in [0.3, 0.4) is 0 Å². The first-order valence-electron chi connectivity index (χ1n) is 4.01. The Morgan fingerprint density at radius 1 is 1.53 bits per heavy atom.